The van der Waals surface area contributed by atoms with Gasteiger partial charge in [-0.25, -0.2) is 4.98 Å². The van der Waals surface area contributed by atoms with Crippen molar-refractivity contribution in [1.82, 2.24) is 14.5 Å². The van der Waals surface area contributed by atoms with Gasteiger partial charge in [-0.2, -0.15) is 0 Å². The molecule has 1 unspecified atom stereocenters. The summed E-state index contributed by atoms with van der Waals surface area (Å²) < 4.78 is 7.23. The van der Waals surface area contributed by atoms with Crippen LogP contribution < -0.4 is 10.7 Å². The van der Waals surface area contributed by atoms with E-state index in [-0.39, 0.29) is 16.9 Å². The summed E-state index contributed by atoms with van der Waals surface area (Å²) in [6.07, 6.45) is 12.3. The molecule has 0 saturated carbocycles. The molecule has 0 bridgehead atoms. The third kappa shape index (κ3) is 3.78. The monoisotopic (exact) mass is 420 g/mol. The number of carbonyl (C=O) groups excluding carboxylic acids is 1. The minimum atomic E-state index is -0.251. The lowest BCUT2D eigenvalue weighted by Gasteiger charge is -2.27. The zero-order chi connectivity index (χ0) is 21.4. The van der Waals surface area contributed by atoms with E-state index in [9.17, 15) is 9.59 Å². The molecule has 0 spiro atoms. The third-order valence-electron chi connectivity index (χ3n) is 6.50. The Bertz CT molecular complexity index is 1140. The number of hydrogen-bond acceptors (Lipinski definition) is 5. The molecule has 31 heavy (non-hydrogen) atoms. The lowest BCUT2D eigenvalue weighted by Crippen LogP contribution is -2.42. The third-order valence-corrected chi connectivity index (χ3v) is 6.50. The van der Waals surface area contributed by atoms with Crippen LogP contribution in [0.3, 0.4) is 0 Å². The summed E-state index contributed by atoms with van der Waals surface area (Å²) in [4.78, 5) is 32.6. The molecular formula is C24H28N4O3. The van der Waals surface area contributed by atoms with Crippen molar-refractivity contribution in [2.75, 3.05) is 31.6 Å². The van der Waals surface area contributed by atoms with Crippen molar-refractivity contribution in [2.45, 2.75) is 45.2 Å². The largest absolute Gasteiger partial charge is 0.380 e. The highest BCUT2D eigenvalue weighted by atomic mass is 16.5. The summed E-state index contributed by atoms with van der Waals surface area (Å²) in [7, 11) is 0. The number of anilines is 1. The summed E-state index contributed by atoms with van der Waals surface area (Å²) in [6.45, 7) is 4.65. The minimum Gasteiger partial charge on any atom is -0.380 e. The molecule has 162 valence electrons. The molecule has 5 rings (SSSR count). The molecule has 2 aliphatic carbocycles. The number of nitrogens with one attached hydrogen (secondary N) is 1. The average molecular weight is 421 g/mol. The van der Waals surface area contributed by atoms with Crippen molar-refractivity contribution in [3.05, 3.63) is 57.5 Å². The van der Waals surface area contributed by atoms with Gasteiger partial charge in [0.15, 0.2) is 0 Å². The van der Waals surface area contributed by atoms with Crippen LogP contribution in [0.4, 0.5) is 5.69 Å². The minimum absolute atomic E-state index is 0.207. The molecule has 7 heteroatoms. The summed E-state index contributed by atoms with van der Waals surface area (Å²) in [5.74, 6) is -0.227. The van der Waals surface area contributed by atoms with E-state index in [0.29, 0.717) is 49.9 Å². The molecule has 0 aromatic carbocycles. The Morgan fingerprint density at radius 1 is 1.29 bits per heavy atom. The highest BCUT2D eigenvalue weighted by Gasteiger charge is 2.25. The predicted molar refractivity (Wildman–Crippen MR) is 120 cm³/mol. The second-order valence-electron chi connectivity index (χ2n) is 8.48. The van der Waals surface area contributed by atoms with Gasteiger partial charge in [0.05, 0.1) is 30.5 Å². The standard InChI is InChI=1S/C24H28N4O3/c1-2-27-15-21(24(30)28-7-9-31-10-8-28)22(29)20-13-19(14-25-23(20)27)26-18-11-16-5-3-4-6-17(16)12-18/h3,5,13-15,18,26H,2,4,6-12H2,1H3. The first-order valence-electron chi connectivity index (χ1n) is 11.2. The first kappa shape index (κ1) is 20.0. The number of ether oxygens (including phenoxy) is 1. The normalized spacial score (nSPS) is 20.9. The van der Waals surface area contributed by atoms with Crippen LogP contribution in [-0.2, 0) is 11.3 Å². The first-order valence-corrected chi connectivity index (χ1v) is 11.2. The van der Waals surface area contributed by atoms with Crippen molar-refractivity contribution >= 4 is 22.6 Å². The molecule has 1 saturated heterocycles. The lowest BCUT2D eigenvalue weighted by molar-refractivity contribution is 0.0301. The number of morpholine rings is 1. The molecule has 7 nitrogen and oxygen atoms in total. The van der Waals surface area contributed by atoms with Gasteiger partial charge in [0.25, 0.3) is 5.91 Å². The van der Waals surface area contributed by atoms with Crippen molar-refractivity contribution in [3.63, 3.8) is 0 Å². The van der Waals surface area contributed by atoms with Crippen LogP contribution in [0.1, 0.15) is 43.0 Å². The van der Waals surface area contributed by atoms with Gasteiger partial charge in [-0.3, -0.25) is 9.59 Å². The van der Waals surface area contributed by atoms with Crippen LogP contribution in [0.2, 0.25) is 0 Å². The van der Waals surface area contributed by atoms with E-state index in [0.717, 1.165) is 31.4 Å². The fourth-order valence-electron chi connectivity index (χ4n) is 4.86. The molecule has 1 fully saturated rings. The summed E-state index contributed by atoms with van der Waals surface area (Å²) in [6, 6.07) is 2.18. The van der Waals surface area contributed by atoms with Gasteiger partial charge in [0.1, 0.15) is 11.2 Å². The SMILES string of the molecule is CCn1cc(C(=O)N2CCOCC2)c(=O)c2cc(NC3CC4=C(CCC=C4)C3)cnc21. The van der Waals surface area contributed by atoms with E-state index in [1.54, 1.807) is 22.9 Å². The van der Waals surface area contributed by atoms with Gasteiger partial charge in [0, 0.05) is 31.9 Å². The van der Waals surface area contributed by atoms with Crippen LogP contribution in [0.15, 0.2) is 46.6 Å². The van der Waals surface area contributed by atoms with E-state index >= 15 is 0 Å². The Morgan fingerprint density at radius 2 is 2.13 bits per heavy atom. The lowest BCUT2D eigenvalue weighted by atomic mass is 10.0. The van der Waals surface area contributed by atoms with Crippen LogP contribution in [0.5, 0.6) is 0 Å². The molecule has 0 radical (unpaired) electrons. The Hall–Kier alpha value is -2.93. The molecular weight excluding hydrogens is 392 g/mol. The van der Waals surface area contributed by atoms with Crippen molar-refractivity contribution in [3.8, 4) is 0 Å². The second kappa shape index (κ2) is 8.30. The number of carbonyl (C=O) groups is 1. The van der Waals surface area contributed by atoms with Crippen LogP contribution >= 0.6 is 0 Å². The van der Waals surface area contributed by atoms with Crippen molar-refractivity contribution in [1.29, 1.82) is 0 Å². The van der Waals surface area contributed by atoms with E-state index in [1.807, 2.05) is 17.6 Å². The fraction of sp³-hybridized carbons (Fsp3) is 0.458. The number of allylic oxidation sites excluding steroid dienone is 2. The van der Waals surface area contributed by atoms with Gasteiger partial charge in [0.2, 0.25) is 5.43 Å². The van der Waals surface area contributed by atoms with Crippen LogP contribution in [0, 0.1) is 0 Å². The maximum atomic E-state index is 13.3. The summed E-state index contributed by atoms with van der Waals surface area (Å²) in [5.41, 5.74) is 4.39. The molecule has 2 aromatic heterocycles. The summed E-state index contributed by atoms with van der Waals surface area (Å²) in [5, 5.41) is 4.06. The predicted octanol–water partition coefficient (Wildman–Crippen LogP) is 3.11. The number of nitrogens with zero attached hydrogens (tertiary/aromatic N) is 3. The van der Waals surface area contributed by atoms with Gasteiger partial charge in [-0.05, 0) is 44.2 Å². The zero-order valence-corrected chi connectivity index (χ0v) is 17.9. The highest BCUT2D eigenvalue weighted by molar-refractivity contribution is 5.97. The zero-order valence-electron chi connectivity index (χ0n) is 17.9. The maximum Gasteiger partial charge on any atom is 0.259 e. The Morgan fingerprint density at radius 3 is 2.90 bits per heavy atom. The highest BCUT2D eigenvalue weighted by Crippen LogP contribution is 2.35. The Labute approximate surface area is 181 Å². The van der Waals surface area contributed by atoms with Crippen molar-refractivity contribution < 1.29 is 9.53 Å². The van der Waals surface area contributed by atoms with Crippen LogP contribution in [0.25, 0.3) is 11.0 Å². The molecule has 3 aliphatic rings. The number of fused-ring (bicyclic) bond motifs is 1. The van der Waals surface area contributed by atoms with E-state index in [4.69, 9.17) is 4.74 Å². The smallest absolute Gasteiger partial charge is 0.259 e. The Kier molecular flexibility index (Phi) is 5.36. The molecule has 2 aromatic rings. The topological polar surface area (TPSA) is 76.5 Å². The number of rotatable bonds is 4. The second-order valence-corrected chi connectivity index (χ2v) is 8.48. The van der Waals surface area contributed by atoms with Gasteiger partial charge < -0.3 is 19.5 Å². The van der Waals surface area contributed by atoms with Crippen LogP contribution in [-0.4, -0.2) is 52.7 Å². The number of aryl methyl sites for hydroxylation is 1. The van der Waals surface area contributed by atoms with Gasteiger partial charge >= 0.3 is 0 Å². The number of hydrogen-bond donors (Lipinski definition) is 1. The maximum absolute atomic E-state index is 13.3. The number of pyridine rings is 2. The fourth-order valence-corrected chi connectivity index (χ4v) is 4.86. The van der Waals surface area contributed by atoms with E-state index in [1.165, 1.54) is 5.57 Å². The summed E-state index contributed by atoms with van der Waals surface area (Å²) >= 11 is 0. The number of amides is 1. The molecule has 3 heterocycles. The van der Waals surface area contributed by atoms with Gasteiger partial charge in [-0.15, -0.1) is 0 Å². The molecule has 1 N–H and O–H groups in total. The Balaban J connectivity index is 1.46. The molecule has 1 atom stereocenters. The molecule has 1 aliphatic heterocycles. The number of aromatic nitrogens is 2. The quantitative estimate of drug-likeness (QED) is 0.823. The van der Waals surface area contributed by atoms with E-state index in [2.05, 4.69) is 22.5 Å². The van der Waals surface area contributed by atoms with Gasteiger partial charge in [-0.1, -0.05) is 17.7 Å². The van der Waals surface area contributed by atoms with E-state index < -0.39 is 0 Å². The average Bonchev–Trinajstić information content (AvgIpc) is 3.22. The molecule has 1 amide bonds. The van der Waals surface area contributed by atoms with Crippen molar-refractivity contribution in [2.24, 2.45) is 0 Å². The first-order chi connectivity index (χ1) is 15.1.